The van der Waals surface area contributed by atoms with Crippen molar-refractivity contribution < 1.29 is 23.5 Å². The number of carbonyl (C=O) groups excluding carboxylic acids is 2. The van der Waals surface area contributed by atoms with Crippen LogP contribution in [0, 0.1) is 17.2 Å². The van der Waals surface area contributed by atoms with E-state index < -0.39 is 10.8 Å². The van der Waals surface area contributed by atoms with Gasteiger partial charge in [0, 0.05) is 42.0 Å². The lowest BCUT2D eigenvalue weighted by molar-refractivity contribution is -0.161. The first kappa shape index (κ1) is 24.4. The van der Waals surface area contributed by atoms with Gasteiger partial charge in [0.25, 0.3) is 0 Å². The molecule has 4 aliphatic rings. The Morgan fingerprint density at radius 1 is 1.03 bits per heavy atom. The Bertz CT molecular complexity index is 1450. The van der Waals surface area contributed by atoms with Gasteiger partial charge in [-0.25, -0.2) is 4.39 Å². The molecule has 3 aromatic carbocycles. The number of ether oxygens (including phenoxy) is 2. The van der Waals surface area contributed by atoms with E-state index in [0.29, 0.717) is 12.3 Å². The van der Waals surface area contributed by atoms with E-state index in [-0.39, 0.29) is 36.1 Å². The minimum absolute atomic E-state index is 0.0809. The number of esters is 1. The monoisotopic (exact) mass is 511 g/mol. The Balaban J connectivity index is 1.47. The summed E-state index contributed by atoms with van der Waals surface area (Å²) in [7, 11) is 3.02. The number of para-hydroxylation sites is 1. The molecule has 1 saturated carbocycles. The van der Waals surface area contributed by atoms with Crippen LogP contribution in [-0.4, -0.2) is 44.1 Å². The van der Waals surface area contributed by atoms with Gasteiger partial charge in [-0.2, -0.15) is 0 Å². The van der Waals surface area contributed by atoms with E-state index in [1.165, 1.54) is 13.2 Å². The Morgan fingerprint density at radius 3 is 2.61 bits per heavy atom. The quantitative estimate of drug-likeness (QED) is 0.343. The smallest absolute Gasteiger partial charge is 0.314 e. The molecule has 6 heteroatoms. The number of carbonyl (C=O) groups is 2. The van der Waals surface area contributed by atoms with Crippen LogP contribution in [-0.2, 0) is 19.7 Å². The highest BCUT2D eigenvalue weighted by Gasteiger charge is 2.71. The number of methoxy groups -OCH3 is 2. The second-order valence-corrected chi connectivity index (χ2v) is 10.5. The molecule has 2 fully saturated rings. The van der Waals surface area contributed by atoms with Crippen LogP contribution in [0.15, 0.2) is 78.9 Å². The molecule has 1 heterocycles. The molecule has 0 radical (unpaired) electrons. The minimum Gasteiger partial charge on any atom is -0.496 e. The largest absolute Gasteiger partial charge is 0.496 e. The zero-order valence-corrected chi connectivity index (χ0v) is 21.5. The van der Waals surface area contributed by atoms with E-state index in [9.17, 15) is 14.0 Å². The van der Waals surface area contributed by atoms with Crippen molar-refractivity contribution in [3.8, 4) is 5.75 Å². The summed E-state index contributed by atoms with van der Waals surface area (Å²) in [4.78, 5) is 29.1. The number of hydrogen-bond acceptors (Lipinski definition) is 4. The average Bonchev–Trinajstić information content (AvgIpc) is 3.40. The Hall–Kier alpha value is -3.93. The second kappa shape index (κ2) is 9.12. The third-order valence-corrected chi connectivity index (χ3v) is 9.10. The SMILES string of the molecule is COC(=O)[C@]12CN(C(=O)/C=C/c3ccccc3OC)C[C@H]1[C@]1(c3cccc(F)c3)CC[C@H]2c2ccccc21. The lowest BCUT2D eigenvalue weighted by atomic mass is 9.42. The molecule has 0 aromatic heterocycles. The Morgan fingerprint density at radius 2 is 1.82 bits per heavy atom. The standard InChI is InChI=1S/C32H30FNO4/c1-37-27-13-6-3-8-21(27)14-15-29(35)34-19-28-31(22-9-7-10-23(33)18-22)17-16-26(24-11-4-5-12-25(24)31)32(28,20-34)30(36)38-2/h3-15,18,26,28H,16-17,19-20H2,1-2H3/b15-14+/t26-,28-,31-,32-/m0/s1. The molecule has 0 spiro atoms. The summed E-state index contributed by atoms with van der Waals surface area (Å²) in [6, 6.07) is 22.4. The van der Waals surface area contributed by atoms with Gasteiger partial charge in [-0.05, 0) is 53.8 Å². The zero-order valence-electron chi connectivity index (χ0n) is 21.5. The maximum absolute atomic E-state index is 14.6. The normalized spacial score (nSPS) is 27.2. The molecular weight excluding hydrogens is 481 g/mol. The van der Waals surface area contributed by atoms with Crippen molar-refractivity contribution in [1.82, 2.24) is 4.90 Å². The van der Waals surface area contributed by atoms with Crippen molar-refractivity contribution >= 4 is 18.0 Å². The van der Waals surface area contributed by atoms with Crippen LogP contribution < -0.4 is 4.74 Å². The van der Waals surface area contributed by atoms with E-state index in [1.54, 1.807) is 36.3 Å². The number of likely N-dealkylation sites (tertiary alicyclic amines) is 1. The van der Waals surface area contributed by atoms with Gasteiger partial charge in [0.2, 0.25) is 5.91 Å². The predicted octanol–water partition coefficient (Wildman–Crippen LogP) is 5.34. The molecule has 3 aliphatic carbocycles. The molecule has 5 nitrogen and oxygen atoms in total. The predicted molar refractivity (Wildman–Crippen MR) is 142 cm³/mol. The maximum Gasteiger partial charge on any atom is 0.314 e. The van der Waals surface area contributed by atoms with Gasteiger partial charge in [0.15, 0.2) is 0 Å². The fourth-order valence-corrected chi connectivity index (χ4v) is 7.63. The molecule has 2 bridgehead atoms. The second-order valence-electron chi connectivity index (χ2n) is 10.5. The molecule has 3 aromatic rings. The van der Waals surface area contributed by atoms with Crippen LogP contribution in [0.2, 0.25) is 0 Å². The highest BCUT2D eigenvalue weighted by atomic mass is 19.1. The average molecular weight is 512 g/mol. The first-order valence-electron chi connectivity index (χ1n) is 13.0. The lowest BCUT2D eigenvalue weighted by Gasteiger charge is -2.59. The molecule has 1 amide bonds. The highest BCUT2D eigenvalue weighted by molar-refractivity contribution is 5.94. The first-order chi connectivity index (χ1) is 18.5. The summed E-state index contributed by atoms with van der Waals surface area (Å²) in [5, 5.41) is 0. The highest BCUT2D eigenvalue weighted by Crippen LogP contribution is 2.69. The number of halogens is 1. The molecule has 7 rings (SSSR count). The van der Waals surface area contributed by atoms with Crippen molar-refractivity contribution in [2.45, 2.75) is 24.2 Å². The van der Waals surface area contributed by atoms with Crippen LogP contribution in [0.1, 0.15) is 41.0 Å². The van der Waals surface area contributed by atoms with Crippen molar-refractivity contribution in [1.29, 1.82) is 0 Å². The van der Waals surface area contributed by atoms with Gasteiger partial charge in [0.1, 0.15) is 11.6 Å². The van der Waals surface area contributed by atoms with E-state index in [1.807, 2.05) is 42.5 Å². The summed E-state index contributed by atoms with van der Waals surface area (Å²) < 4.78 is 25.5. The minimum atomic E-state index is -0.915. The number of hydrogen-bond donors (Lipinski definition) is 0. The molecule has 1 aliphatic heterocycles. The van der Waals surface area contributed by atoms with Crippen LogP contribution in [0.25, 0.3) is 6.08 Å². The first-order valence-corrected chi connectivity index (χ1v) is 13.0. The van der Waals surface area contributed by atoms with Crippen LogP contribution in [0.3, 0.4) is 0 Å². The van der Waals surface area contributed by atoms with E-state index >= 15 is 0 Å². The number of amides is 1. The molecule has 0 unspecified atom stereocenters. The summed E-state index contributed by atoms with van der Waals surface area (Å²) in [5.41, 5.74) is 2.35. The summed E-state index contributed by atoms with van der Waals surface area (Å²) in [6.07, 6.45) is 4.84. The van der Waals surface area contributed by atoms with Crippen LogP contribution in [0.4, 0.5) is 4.39 Å². The van der Waals surface area contributed by atoms with Gasteiger partial charge >= 0.3 is 5.97 Å². The number of fused-ring (bicyclic) bond motifs is 1. The summed E-state index contributed by atoms with van der Waals surface area (Å²) in [6.45, 7) is 0.640. The molecule has 1 saturated heterocycles. The third kappa shape index (κ3) is 3.35. The van der Waals surface area contributed by atoms with Crippen molar-refractivity contribution in [2.24, 2.45) is 11.3 Å². The van der Waals surface area contributed by atoms with Crippen LogP contribution >= 0.6 is 0 Å². The van der Waals surface area contributed by atoms with Gasteiger partial charge in [-0.3, -0.25) is 9.59 Å². The molecular formula is C32H30FNO4. The van der Waals surface area contributed by atoms with Gasteiger partial charge < -0.3 is 14.4 Å². The Labute approximate surface area is 221 Å². The Kier molecular flexibility index (Phi) is 5.86. The van der Waals surface area contributed by atoms with Gasteiger partial charge in [-0.15, -0.1) is 0 Å². The number of rotatable bonds is 5. The molecule has 194 valence electrons. The van der Waals surface area contributed by atoms with Crippen LogP contribution in [0.5, 0.6) is 5.75 Å². The maximum atomic E-state index is 14.6. The topological polar surface area (TPSA) is 55.8 Å². The van der Waals surface area contributed by atoms with E-state index in [4.69, 9.17) is 9.47 Å². The zero-order chi connectivity index (χ0) is 26.5. The fraction of sp³-hybridized carbons (Fsp3) is 0.312. The molecule has 0 N–H and O–H groups in total. The number of benzene rings is 3. The van der Waals surface area contributed by atoms with Gasteiger partial charge in [-0.1, -0.05) is 54.6 Å². The van der Waals surface area contributed by atoms with E-state index in [0.717, 1.165) is 35.1 Å². The van der Waals surface area contributed by atoms with Crippen molar-refractivity contribution in [2.75, 3.05) is 27.3 Å². The summed E-state index contributed by atoms with van der Waals surface area (Å²) in [5.74, 6) is -0.436. The molecule has 4 atom stereocenters. The van der Waals surface area contributed by atoms with Crippen molar-refractivity contribution in [3.63, 3.8) is 0 Å². The lowest BCUT2D eigenvalue weighted by Crippen LogP contribution is -2.60. The fourth-order valence-electron chi connectivity index (χ4n) is 7.63. The van der Waals surface area contributed by atoms with E-state index in [2.05, 4.69) is 12.1 Å². The third-order valence-electron chi connectivity index (χ3n) is 9.10. The number of nitrogens with zero attached hydrogens (tertiary/aromatic N) is 1. The summed E-state index contributed by atoms with van der Waals surface area (Å²) >= 11 is 0. The molecule has 38 heavy (non-hydrogen) atoms. The van der Waals surface area contributed by atoms with Crippen molar-refractivity contribution in [3.05, 3.63) is 107 Å². The van der Waals surface area contributed by atoms with Gasteiger partial charge in [0.05, 0.1) is 19.6 Å².